The van der Waals surface area contributed by atoms with Gasteiger partial charge in [0.15, 0.2) is 0 Å². The quantitative estimate of drug-likeness (QED) is 0.745. The van der Waals surface area contributed by atoms with E-state index in [1.165, 1.54) is 0 Å². The second-order valence-electron chi connectivity index (χ2n) is 3.80. The largest absolute Gasteiger partial charge is 0.496 e. The third-order valence-electron chi connectivity index (χ3n) is 2.57. The molecule has 17 heavy (non-hydrogen) atoms. The van der Waals surface area contributed by atoms with E-state index < -0.39 is 12.2 Å². The SMILES string of the molecule is CNCCC(O)C(O)c1ccc(Br)c(OC)c1. The highest BCUT2D eigenvalue weighted by Gasteiger charge is 2.18. The molecule has 0 aliphatic rings. The van der Waals surface area contributed by atoms with Gasteiger partial charge in [-0.05, 0) is 53.6 Å². The van der Waals surface area contributed by atoms with Crippen molar-refractivity contribution in [2.75, 3.05) is 20.7 Å². The van der Waals surface area contributed by atoms with Gasteiger partial charge in [-0.1, -0.05) is 6.07 Å². The minimum atomic E-state index is -0.898. The van der Waals surface area contributed by atoms with Crippen molar-refractivity contribution in [3.63, 3.8) is 0 Å². The molecular weight excluding hydrogens is 286 g/mol. The van der Waals surface area contributed by atoms with Crippen molar-refractivity contribution >= 4 is 15.9 Å². The Morgan fingerprint density at radius 3 is 2.71 bits per heavy atom. The van der Waals surface area contributed by atoms with Crippen LogP contribution in [0.2, 0.25) is 0 Å². The first-order valence-electron chi connectivity index (χ1n) is 5.44. The maximum atomic E-state index is 9.98. The molecule has 2 atom stereocenters. The van der Waals surface area contributed by atoms with Crippen LogP contribution in [0.1, 0.15) is 18.1 Å². The molecule has 3 N–H and O–H groups in total. The molecule has 1 rings (SSSR count). The predicted molar refractivity (Wildman–Crippen MR) is 70.2 cm³/mol. The Morgan fingerprint density at radius 1 is 1.41 bits per heavy atom. The van der Waals surface area contributed by atoms with Gasteiger partial charge in [-0.2, -0.15) is 0 Å². The summed E-state index contributed by atoms with van der Waals surface area (Å²) in [5.74, 6) is 0.641. The number of ether oxygens (including phenoxy) is 1. The van der Waals surface area contributed by atoms with Crippen LogP contribution in [0.25, 0.3) is 0 Å². The topological polar surface area (TPSA) is 61.7 Å². The lowest BCUT2D eigenvalue weighted by atomic mass is 10.0. The molecular formula is C12H18BrNO3. The molecule has 1 aromatic carbocycles. The number of nitrogens with one attached hydrogen (secondary N) is 1. The van der Waals surface area contributed by atoms with Gasteiger partial charge in [0, 0.05) is 0 Å². The second-order valence-corrected chi connectivity index (χ2v) is 4.65. The summed E-state index contributed by atoms with van der Waals surface area (Å²) in [7, 11) is 3.37. The summed E-state index contributed by atoms with van der Waals surface area (Å²) in [5, 5.41) is 22.7. The highest BCUT2D eigenvalue weighted by molar-refractivity contribution is 9.10. The van der Waals surface area contributed by atoms with E-state index in [0.29, 0.717) is 24.3 Å². The Kier molecular flexibility index (Phi) is 5.91. The average Bonchev–Trinajstić information content (AvgIpc) is 2.35. The van der Waals surface area contributed by atoms with Gasteiger partial charge in [-0.3, -0.25) is 0 Å². The highest BCUT2D eigenvalue weighted by Crippen LogP contribution is 2.29. The number of benzene rings is 1. The van der Waals surface area contributed by atoms with Gasteiger partial charge < -0.3 is 20.3 Å². The summed E-state index contributed by atoms with van der Waals surface area (Å²) < 4.78 is 5.96. The fraction of sp³-hybridized carbons (Fsp3) is 0.500. The summed E-state index contributed by atoms with van der Waals surface area (Å²) >= 11 is 3.34. The molecule has 0 amide bonds. The number of methoxy groups -OCH3 is 1. The van der Waals surface area contributed by atoms with E-state index in [-0.39, 0.29) is 0 Å². The van der Waals surface area contributed by atoms with Crippen LogP contribution in [0, 0.1) is 0 Å². The normalized spacial score (nSPS) is 14.4. The minimum Gasteiger partial charge on any atom is -0.496 e. The van der Waals surface area contributed by atoms with E-state index in [1.54, 1.807) is 25.3 Å². The zero-order valence-electron chi connectivity index (χ0n) is 9.98. The van der Waals surface area contributed by atoms with E-state index in [1.807, 2.05) is 7.05 Å². The van der Waals surface area contributed by atoms with Gasteiger partial charge in [0.1, 0.15) is 11.9 Å². The molecule has 0 fully saturated rings. The van der Waals surface area contributed by atoms with Crippen molar-refractivity contribution in [3.8, 4) is 5.75 Å². The molecule has 0 aliphatic carbocycles. The maximum absolute atomic E-state index is 9.98. The minimum absolute atomic E-state index is 0.496. The molecule has 4 nitrogen and oxygen atoms in total. The van der Waals surface area contributed by atoms with Gasteiger partial charge in [0.05, 0.1) is 17.7 Å². The second kappa shape index (κ2) is 6.96. The maximum Gasteiger partial charge on any atom is 0.133 e. The third-order valence-corrected chi connectivity index (χ3v) is 3.23. The third kappa shape index (κ3) is 3.96. The zero-order valence-corrected chi connectivity index (χ0v) is 11.6. The molecule has 0 aliphatic heterocycles. The summed E-state index contributed by atoms with van der Waals surface area (Å²) in [5.41, 5.74) is 0.647. The number of aliphatic hydroxyl groups excluding tert-OH is 2. The van der Waals surface area contributed by atoms with E-state index >= 15 is 0 Å². The van der Waals surface area contributed by atoms with Crippen LogP contribution in [0.3, 0.4) is 0 Å². The van der Waals surface area contributed by atoms with Gasteiger partial charge in [-0.25, -0.2) is 0 Å². The van der Waals surface area contributed by atoms with Crippen molar-refractivity contribution in [1.82, 2.24) is 5.32 Å². The molecule has 0 bridgehead atoms. The highest BCUT2D eigenvalue weighted by atomic mass is 79.9. The number of aliphatic hydroxyl groups is 2. The molecule has 5 heteroatoms. The van der Waals surface area contributed by atoms with E-state index in [0.717, 1.165) is 4.47 Å². The molecule has 0 saturated carbocycles. The van der Waals surface area contributed by atoms with Crippen molar-refractivity contribution in [3.05, 3.63) is 28.2 Å². The fourth-order valence-corrected chi connectivity index (χ4v) is 1.94. The molecule has 96 valence electrons. The number of hydrogen-bond acceptors (Lipinski definition) is 4. The first-order chi connectivity index (χ1) is 8.10. The molecule has 0 radical (unpaired) electrons. The van der Waals surface area contributed by atoms with Crippen molar-refractivity contribution in [2.24, 2.45) is 0 Å². The monoisotopic (exact) mass is 303 g/mol. The Bertz CT molecular complexity index is 360. The Balaban J connectivity index is 2.77. The Labute approximate surface area is 110 Å². The van der Waals surface area contributed by atoms with Crippen molar-refractivity contribution < 1.29 is 14.9 Å². The number of rotatable bonds is 6. The Morgan fingerprint density at radius 2 is 2.12 bits per heavy atom. The molecule has 0 saturated heterocycles. The van der Waals surface area contributed by atoms with Gasteiger partial charge in [0.2, 0.25) is 0 Å². The van der Waals surface area contributed by atoms with Crippen molar-refractivity contribution in [1.29, 1.82) is 0 Å². The fourth-order valence-electron chi connectivity index (χ4n) is 1.53. The van der Waals surface area contributed by atoms with Crippen LogP contribution >= 0.6 is 15.9 Å². The van der Waals surface area contributed by atoms with Gasteiger partial charge in [0.25, 0.3) is 0 Å². The summed E-state index contributed by atoms with van der Waals surface area (Å²) in [4.78, 5) is 0. The summed E-state index contributed by atoms with van der Waals surface area (Å²) in [6.45, 7) is 0.659. The van der Waals surface area contributed by atoms with E-state index in [9.17, 15) is 10.2 Å². The summed E-state index contributed by atoms with van der Waals surface area (Å²) in [6, 6.07) is 5.28. The lowest BCUT2D eigenvalue weighted by molar-refractivity contribution is 0.0139. The van der Waals surface area contributed by atoms with Crippen LogP contribution in [-0.2, 0) is 0 Å². The first-order valence-corrected chi connectivity index (χ1v) is 6.23. The van der Waals surface area contributed by atoms with Gasteiger partial charge >= 0.3 is 0 Å². The van der Waals surface area contributed by atoms with E-state index in [4.69, 9.17) is 4.74 Å². The van der Waals surface area contributed by atoms with Crippen LogP contribution in [0.15, 0.2) is 22.7 Å². The molecule has 0 heterocycles. The molecule has 0 spiro atoms. The van der Waals surface area contributed by atoms with Crippen LogP contribution < -0.4 is 10.1 Å². The molecule has 2 unspecified atom stereocenters. The predicted octanol–water partition coefficient (Wildman–Crippen LogP) is 1.46. The molecule has 0 aromatic heterocycles. The Hall–Kier alpha value is -0.620. The van der Waals surface area contributed by atoms with E-state index in [2.05, 4.69) is 21.2 Å². The summed E-state index contributed by atoms with van der Waals surface area (Å²) in [6.07, 6.45) is -1.19. The lowest BCUT2D eigenvalue weighted by Crippen LogP contribution is -2.23. The standard InChI is InChI=1S/C12H18BrNO3/c1-14-6-5-10(15)12(16)8-3-4-9(13)11(7-8)17-2/h3-4,7,10,12,14-16H,5-6H2,1-2H3. The first kappa shape index (κ1) is 14.4. The average molecular weight is 304 g/mol. The molecule has 1 aromatic rings. The number of halogens is 1. The zero-order chi connectivity index (χ0) is 12.8. The number of hydrogen-bond donors (Lipinski definition) is 3. The van der Waals surface area contributed by atoms with Crippen molar-refractivity contribution in [2.45, 2.75) is 18.6 Å². The van der Waals surface area contributed by atoms with Crippen LogP contribution in [-0.4, -0.2) is 37.0 Å². The smallest absolute Gasteiger partial charge is 0.133 e. The lowest BCUT2D eigenvalue weighted by Gasteiger charge is -2.18. The van der Waals surface area contributed by atoms with Crippen LogP contribution in [0.4, 0.5) is 0 Å². The van der Waals surface area contributed by atoms with Gasteiger partial charge in [-0.15, -0.1) is 0 Å². The van der Waals surface area contributed by atoms with Crippen LogP contribution in [0.5, 0.6) is 5.75 Å².